The van der Waals surface area contributed by atoms with Crippen molar-refractivity contribution in [1.82, 2.24) is 9.78 Å². The fraction of sp³-hybridized carbons (Fsp3) is 0.320. The number of nitrogens with one attached hydrogen (secondary N) is 1. The van der Waals surface area contributed by atoms with Gasteiger partial charge in [0.1, 0.15) is 5.75 Å². The zero-order valence-electron chi connectivity index (χ0n) is 19.2. The molecular weight excluding hydrogens is 442 g/mol. The molecule has 33 heavy (non-hydrogen) atoms. The van der Waals surface area contributed by atoms with Crippen molar-refractivity contribution in [2.24, 2.45) is 5.92 Å². The molecule has 0 aliphatic rings. The zero-order valence-corrected chi connectivity index (χ0v) is 20.0. The van der Waals surface area contributed by atoms with Gasteiger partial charge in [-0.3, -0.25) is 9.48 Å². The molecule has 0 spiro atoms. The van der Waals surface area contributed by atoms with Crippen LogP contribution in [-0.4, -0.2) is 34.9 Å². The van der Waals surface area contributed by atoms with Crippen LogP contribution in [0.25, 0.3) is 0 Å². The van der Waals surface area contributed by atoms with Crippen LogP contribution in [0.3, 0.4) is 0 Å². The van der Waals surface area contributed by atoms with Crippen LogP contribution in [-0.2, 0) is 11.3 Å². The van der Waals surface area contributed by atoms with Crippen LogP contribution in [0.4, 0.5) is 5.82 Å². The predicted molar refractivity (Wildman–Crippen MR) is 128 cm³/mol. The van der Waals surface area contributed by atoms with E-state index in [0.29, 0.717) is 47.6 Å². The van der Waals surface area contributed by atoms with Crippen molar-refractivity contribution < 1.29 is 19.1 Å². The number of hydrogen-bond donors (Lipinski definition) is 1. The summed E-state index contributed by atoms with van der Waals surface area (Å²) in [5.41, 5.74) is 2.58. The number of halogens is 1. The van der Waals surface area contributed by atoms with E-state index in [4.69, 9.17) is 21.1 Å². The number of carbonyl (C=O) groups is 2. The Morgan fingerprint density at radius 3 is 2.45 bits per heavy atom. The van der Waals surface area contributed by atoms with Crippen molar-refractivity contribution in [3.8, 4) is 5.75 Å². The van der Waals surface area contributed by atoms with E-state index in [1.165, 1.54) is 0 Å². The molecule has 1 heterocycles. The van der Waals surface area contributed by atoms with Gasteiger partial charge in [0.05, 0.1) is 25.3 Å². The van der Waals surface area contributed by atoms with Crippen LogP contribution in [0.5, 0.6) is 5.75 Å². The molecule has 0 bridgehead atoms. The van der Waals surface area contributed by atoms with E-state index in [1.807, 2.05) is 19.1 Å². The second kappa shape index (κ2) is 11.0. The predicted octanol–water partition coefficient (Wildman–Crippen LogP) is 5.36. The molecule has 3 rings (SSSR count). The molecule has 0 saturated heterocycles. The zero-order chi connectivity index (χ0) is 24.0. The number of rotatable bonds is 9. The third-order valence-electron chi connectivity index (χ3n) is 4.80. The maximum absolute atomic E-state index is 12.6. The van der Waals surface area contributed by atoms with Crippen LogP contribution in [0, 0.1) is 12.8 Å². The summed E-state index contributed by atoms with van der Waals surface area (Å²) in [5.74, 6) is 0.845. The maximum Gasteiger partial charge on any atom is 0.338 e. The fourth-order valence-electron chi connectivity index (χ4n) is 3.12. The lowest BCUT2D eigenvalue weighted by atomic mass is 10.1. The Kier molecular flexibility index (Phi) is 8.11. The summed E-state index contributed by atoms with van der Waals surface area (Å²) in [5, 5.41) is 7.94. The number of amides is 1. The Morgan fingerprint density at radius 1 is 1.09 bits per heavy atom. The molecule has 1 aromatic heterocycles. The molecule has 7 nitrogen and oxygen atoms in total. The van der Waals surface area contributed by atoms with Gasteiger partial charge in [0, 0.05) is 27.9 Å². The Balaban J connectivity index is 1.71. The summed E-state index contributed by atoms with van der Waals surface area (Å²) in [4.78, 5) is 24.4. The quantitative estimate of drug-likeness (QED) is 0.427. The molecule has 174 valence electrons. The minimum Gasteiger partial charge on any atom is -0.493 e. The number of esters is 1. The van der Waals surface area contributed by atoms with Crippen LogP contribution in [0.15, 0.2) is 48.5 Å². The van der Waals surface area contributed by atoms with Gasteiger partial charge in [-0.05, 0) is 62.2 Å². The van der Waals surface area contributed by atoms with E-state index in [2.05, 4.69) is 24.3 Å². The lowest BCUT2D eigenvalue weighted by Gasteiger charge is -2.14. The molecule has 0 fully saturated rings. The highest BCUT2D eigenvalue weighted by Crippen LogP contribution is 2.25. The third-order valence-corrected chi connectivity index (χ3v) is 5.03. The molecule has 0 unspecified atom stereocenters. The van der Waals surface area contributed by atoms with Gasteiger partial charge in [-0.15, -0.1) is 0 Å². The van der Waals surface area contributed by atoms with Gasteiger partial charge in [0.2, 0.25) is 0 Å². The molecule has 8 heteroatoms. The highest BCUT2D eigenvalue weighted by molar-refractivity contribution is 6.30. The number of carbonyl (C=O) groups excluding carboxylic acids is 2. The highest BCUT2D eigenvalue weighted by Gasteiger charge is 2.14. The van der Waals surface area contributed by atoms with Gasteiger partial charge in [0.15, 0.2) is 5.82 Å². The van der Waals surface area contributed by atoms with Gasteiger partial charge < -0.3 is 14.8 Å². The normalized spacial score (nSPS) is 10.8. The lowest BCUT2D eigenvalue weighted by Crippen LogP contribution is -2.14. The first-order valence-corrected chi connectivity index (χ1v) is 11.2. The van der Waals surface area contributed by atoms with Crippen LogP contribution in [0.1, 0.15) is 52.7 Å². The first-order valence-electron chi connectivity index (χ1n) is 10.8. The molecule has 2 aromatic carbocycles. The smallest absolute Gasteiger partial charge is 0.338 e. The Morgan fingerprint density at radius 2 is 1.79 bits per heavy atom. The van der Waals surface area contributed by atoms with Crippen molar-refractivity contribution in [2.45, 2.75) is 34.2 Å². The molecule has 0 saturated carbocycles. The summed E-state index contributed by atoms with van der Waals surface area (Å²) >= 11 is 6.20. The summed E-state index contributed by atoms with van der Waals surface area (Å²) < 4.78 is 12.7. The van der Waals surface area contributed by atoms with Crippen LogP contribution < -0.4 is 10.1 Å². The topological polar surface area (TPSA) is 82.5 Å². The molecule has 0 atom stereocenters. The lowest BCUT2D eigenvalue weighted by molar-refractivity contribution is 0.0526. The molecule has 1 amide bonds. The Bertz CT molecular complexity index is 1120. The van der Waals surface area contributed by atoms with Crippen molar-refractivity contribution in [3.05, 3.63) is 75.9 Å². The summed E-state index contributed by atoms with van der Waals surface area (Å²) in [6.07, 6.45) is 0. The monoisotopic (exact) mass is 469 g/mol. The summed E-state index contributed by atoms with van der Waals surface area (Å²) in [6, 6.07) is 13.6. The number of aryl methyl sites for hydroxylation is 1. The van der Waals surface area contributed by atoms with Crippen LogP contribution >= 0.6 is 11.6 Å². The number of aromatic nitrogens is 2. The molecule has 3 aromatic rings. The number of ether oxygens (including phenoxy) is 2. The molecule has 0 aliphatic carbocycles. The van der Waals surface area contributed by atoms with E-state index in [0.717, 1.165) is 17.0 Å². The highest BCUT2D eigenvalue weighted by atomic mass is 35.5. The van der Waals surface area contributed by atoms with Gasteiger partial charge in [-0.25, -0.2) is 4.79 Å². The molecule has 1 N–H and O–H groups in total. The van der Waals surface area contributed by atoms with Crippen molar-refractivity contribution in [2.75, 3.05) is 18.5 Å². The van der Waals surface area contributed by atoms with E-state index >= 15 is 0 Å². The van der Waals surface area contributed by atoms with Gasteiger partial charge in [0.25, 0.3) is 5.91 Å². The molecular formula is C25H28ClN3O4. The molecule has 0 aliphatic heterocycles. The standard InChI is InChI=1S/C25H28ClN3O4/c1-5-32-25(31)19-8-6-18(7-9-19)24(30)27-23-12-17(4)29(28-23)14-20-13-21(26)10-11-22(20)33-15-16(2)3/h6-13,16H,5,14-15H2,1-4H3,(H,27,28,30). The largest absolute Gasteiger partial charge is 0.493 e. The first kappa shape index (κ1) is 24.3. The van der Waals surface area contributed by atoms with E-state index in [-0.39, 0.29) is 5.91 Å². The number of anilines is 1. The average molecular weight is 470 g/mol. The Labute approximate surface area is 198 Å². The van der Waals surface area contributed by atoms with E-state index in [1.54, 1.807) is 48.0 Å². The SMILES string of the molecule is CCOC(=O)c1ccc(C(=O)Nc2cc(C)n(Cc3cc(Cl)ccc3OCC(C)C)n2)cc1. The van der Waals surface area contributed by atoms with Gasteiger partial charge >= 0.3 is 5.97 Å². The Hall–Kier alpha value is -3.32. The number of benzene rings is 2. The first-order chi connectivity index (χ1) is 15.8. The fourth-order valence-corrected chi connectivity index (χ4v) is 3.32. The summed E-state index contributed by atoms with van der Waals surface area (Å²) in [6.45, 7) is 9.18. The number of hydrogen-bond acceptors (Lipinski definition) is 5. The van der Waals surface area contributed by atoms with Gasteiger partial charge in [-0.2, -0.15) is 5.10 Å². The maximum atomic E-state index is 12.6. The van der Waals surface area contributed by atoms with Crippen molar-refractivity contribution >= 4 is 29.3 Å². The third kappa shape index (κ3) is 6.58. The average Bonchev–Trinajstić information content (AvgIpc) is 3.11. The second-order valence-corrected chi connectivity index (χ2v) is 8.47. The second-order valence-electron chi connectivity index (χ2n) is 8.04. The minimum atomic E-state index is -0.420. The van der Waals surface area contributed by atoms with Crippen LogP contribution in [0.2, 0.25) is 5.02 Å². The van der Waals surface area contributed by atoms with E-state index in [9.17, 15) is 9.59 Å². The molecule has 0 radical (unpaired) electrons. The number of nitrogens with zero attached hydrogens (tertiary/aromatic N) is 2. The minimum absolute atomic E-state index is 0.295. The summed E-state index contributed by atoms with van der Waals surface area (Å²) in [7, 11) is 0. The van der Waals surface area contributed by atoms with Crippen molar-refractivity contribution in [1.29, 1.82) is 0 Å². The van der Waals surface area contributed by atoms with Gasteiger partial charge in [-0.1, -0.05) is 25.4 Å². The van der Waals surface area contributed by atoms with Crippen molar-refractivity contribution in [3.63, 3.8) is 0 Å². The van der Waals surface area contributed by atoms with E-state index < -0.39 is 5.97 Å².